The predicted octanol–water partition coefficient (Wildman–Crippen LogP) is 2.33. The third-order valence-electron chi connectivity index (χ3n) is 1.66. The van der Waals surface area contributed by atoms with Gasteiger partial charge in [0.1, 0.15) is 0 Å². The molecule has 1 unspecified atom stereocenters. The molecule has 16 heavy (non-hydrogen) atoms. The Labute approximate surface area is 104 Å². The zero-order chi connectivity index (χ0) is 12.3. The molecule has 0 bridgehead atoms. The Morgan fingerprint density at radius 3 is 2.56 bits per heavy atom. The van der Waals surface area contributed by atoms with Gasteiger partial charge in [0.2, 0.25) is 0 Å². The molecule has 1 atom stereocenters. The first-order chi connectivity index (χ1) is 7.45. The van der Waals surface area contributed by atoms with Crippen molar-refractivity contribution in [3.8, 4) is 0 Å². The van der Waals surface area contributed by atoms with Crippen LogP contribution in [0.15, 0.2) is 12.1 Å². The van der Waals surface area contributed by atoms with E-state index in [0.29, 0.717) is 0 Å². The van der Waals surface area contributed by atoms with Gasteiger partial charge in [0.05, 0.1) is 28.4 Å². The second kappa shape index (κ2) is 5.49. The highest BCUT2D eigenvalue weighted by Crippen LogP contribution is 2.29. The van der Waals surface area contributed by atoms with E-state index in [4.69, 9.17) is 27.8 Å². The van der Waals surface area contributed by atoms with E-state index in [1.165, 1.54) is 19.2 Å². The summed E-state index contributed by atoms with van der Waals surface area (Å²) in [6.45, 7) is 0. The van der Waals surface area contributed by atoms with Gasteiger partial charge < -0.3 is 4.74 Å². The van der Waals surface area contributed by atoms with Crippen LogP contribution in [0.1, 0.15) is 10.4 Å². The summed E-state index contributed by atoms with van der Waals surface area (Å²) >= 11 is 9.22. The van der Waals surface area contributed by atoms with Crippen LogP contribution < -0.4 is 4.72 Å². The average molecular weight is 284 g/mol. The molecule has 0 heterocycles. The molecule has 0 aliphatic rings. The largest absolute Gasteiger partial charge is 0.465 e. The second-order valence-corrected chi connectivity index (χ2v) is 4.17. The minimum atomic E-state index is -2.29. The molecule has 0 amide bonds. The van der Waals surface area contributed by atoms with Gasteiger partial charge in [0.25, 0.3) is 11.3 Å². The fourth-order valence-electron chi connectivity index (χ4n) is 0.988. The van der Waals surface area contributed by atoms with Crippen LogP contribution in [0.4, 0.5) is 5.69 Å². The Kier molecular flexibility index (Phi) is 4.55. The van der Waals surface area contributed by atoms with Crippen molar-refractivity contribution in [2.75, 3.05) is 11.8 Å². The summed E-state index contributed by atoms with van der Waals surface area (Å²) < 4.78 is 25.8. The molecule has 1 rings (SSSR count). The zero-order valence-electron chi connectivity index (χ0n) is 7.99. The van der Waals surface area contributed by atoms with Crippen molar-refractivity contribution in [2.45, 2.75) is 0 Å². The molecule has 0 fully saturated rings. The number of hydrogen-bond donors (Lipinski definition) is 2. The SMILES string of the molecule is COC(=O)c1cc(NS(=O)O)c(Cl)cc1Cl. The number of carbonyl (C=O) groups is 1. The van der Waals surface area contributed by atoms with Gasteiger partial charge in [-0.15, -0.1) is 0 Å². The number of esters is 1. The van der Waals surface area contributed by atoms with Crippen LogP contribution in [-0.4, -0.2) is 21.8 Å². The van der Waals surface area contributed by atoms with E-state index < -0.39 is 17.2 Å². The van der Waals surface area contributed by atoms with Crippen molar-refractivity contribution >= 4 is 46.1 Å². The van der Waals surface area contributed by atoms with Crippen LogP contribution in [0.25, 0.3) is 0 Å². The van der Waals surface area contributed by atoms with Crippen LogP contribution in [-0.2, 0) is 16.0 Å². The lowest BCUT2D eigenvalue weighted by atomic mass is 10.2. The van der Waals surface area contributed by atoms with Crippen molar-refractivity contribution < 1.29 is 18.3 Å². The van der Waals surface area contributed by atoms with Gasteiger partial charge in [0.15, 0.2) is 0 Å². The van der Waals surface area contributed by atoms with Crippen molar-refractivity contribution in [1.29, 1.82) is 0 Å². The third kappa shape index (κ3) is 3.08. The molecule has 5 nitrogen and oxygen atoms in total. The molecule has 0 aliphatic heterocycles. The molecule has 2 N–H and O–H groups in total. The maximum atomic E-state index is 11.3. The number of carbonyl (C=O) groups excluding carboxylic acids is 1. The topological polar surface area (TPSA) is 75.6 Å². The molecule has 0 saturated carbocycles. The van der Waals surface area contributed by atoms with Crippen molar-refractivity contribution in [3.63, 3.8) is 0 Å². The first-order valence-corrected chi connectivity index (χ1v) is 5.77. The van der Waals surface area contributed by atoms with Gasteiger partial charge in [-0.3, -0.25) is 9.27 Å². The summed E-state index contributed by atoms with van der Waals surface area (Å²) in [6.07, 6.45) is 0. The molecular weight excluding hydrogens is 277 g/mol. The summed E-state index contributed by atoms with van der Waals surface area (Å²) in [7, 11) is 1.20. The molecule has 0 spiro atoms. The smallest absolute Gasteiger partial charge is 0.339 e. The Morgan fingerprint density at radius 1 is 1.44 bits per heavy atom. The predicted molar refractivity (Wildman–Crippen MR) is 62.2 cm³/mol. The summed E-state index contributed by atoms with van der Waals surface area (Å²) in [5.41, 5.74) is 0.175. The van der Waals surface area contributed by atoms with Gasteiger partial charge in [-0.05, 0) is 12.1 Å². The number of hydrogen-bond acceptors (Lipinski definition) is 3. The summed E-state index contributed by atoms with van der Waals surface area (Å²) in [5, 5.41) is 0.228. The van der Waals surface area contributed by atoms with Gasteiger partial charge in [-0.1, -0.05) is 23.2 Å². The average Bonchev–Trinajstić information content (AvgIpc) is 2.20. The summed E-state index contributed by atoms with van der Waals surface area (Å²) in [4.78, 5) is 11.3. The number of benzene rings is 1. The molecule has 88 valence electrons. The number of nitrogens with one attached hydrogen (secondary N) is 1. The molecule has 0 radical (unpaired) electrons. The number of anilines is 1. The molecular formula is C8H7Cl2NO4S. The monoisotopic (exact) mass is 283 g/mol. The normalized spacial score (nSPS) is 12.0. The minimum absolute atomic E-state index is 0.0570. The molecule has 0 saturated heterocycles. The standard InChI is InChI=1S/C8H7Cl2NO4S/c1-15-8(12)4-2-7(11-16(13)14)6(10)3-5(4)9/h2-3,11H,1H3,(H,13,14). The molecule has 8 heteroatoms. The highest BCUT2D eigenvalue weighted by Gasteiger charge is 2.15. The number of rotatable bonds is 3. The van der Waals surface area contributed by atoms with E-state index in [0.717, 1.165) is 0 Å². The van der Waals surface area contributed by atoms with Crippen LogP contribution in [0.3, 0.4) is 0 Å². The van der Waals surface area contributed by atoms with Crippen molar-refractivity contribution in [3.05, 3.63) is 27.7 Å². The Morgan fingerprint density at radius 2 is 2.06 bits per heavy atom. The van der Waals surface area contributed by atoms with Gasteiger partial charge in [-0.2, -0.15) is 0 Å². The lowest BCUT2D eigenvalue weighted by molar-refractivity contribution is 0.0601. The lowest BCUT2D eigenvalue weighted by Crippen LogP contribution is -2.06. The molecule has 1 aromatic carbocycles. The van der Waals surface area contributed by atoms with Gasteiger partial charge in [-0.25, -0.2) is 9.00 Å². The van der Waals surface area contributed by atoms with Crippen molar-refractivity contribution in [1.82, 2.24) is 0 Å². The first-order valence-electron chi connectivity index (χ1n) is 3.90. The Bertz CT molecular complexity index is 452. The molecule has 1 aromatic rings. The lowest BCUT2D eigenvalue weighted by Gasteiger charge is -2.08. The van der Waals surface area contributed by atoms with E-state index in [9.17, 15) is 9.00 Å². The van der Waals surface area contributed by atoms with Gasteiger partial charge >= 0.3 is 5.97 Å². The Balaban J connectivity index is 3.21. The van der Waals surface area contributed by atoms with Crippen LogP contribution in [0.5, 0.6) is 0 Å². The van der Waals surface area contributed by atoms with E-state index in [1.54, 1.807) is 0 Å². The van der Waals surface area contributed by atoms with Crippen LogP contribution in [0, 0.1) is 0 Å². The zero-order valence-corrected chi connectivity index (χ0v) is 10.3. The van der Waals surface area contributed by atoms with E-state index >= 15 is 0 Å². The number of methoxy groups -OCH3 is 1. The van der Waals surface area contributed by atoms with Crippen LogP contribution >= 0.6 is 23.2 Å². The van der Waals surface area contributed by atoms with E-state index in [1.807, 2.05) is 0 Å². The highest BCUT2D eigenvalue weighted by molar-refractivity contribution is 7.80. The summed E-state index contributed by atoms with van der Waals surface area (Å²) in [5.74, 6) is -0.659. The first kappa shape index (κ1) is 13.2. The molecule has 0 aromatic heterocycles. The van der Waals surface area contributed by atoms with Crippen LogP contribution in [0.2, 0.25) is 10.0 Å². The number of halogens is 2. The minimum Gasteiger partial charge on any atom is -0.465 e. The van der Waals surface area contributed by atoms with E-state index in [2.05, 4.69) is 9.46 Å². The molecule has 0 aliphatic carbocycles. The highest BCUT2D eigenvalue weighted by atomic mass is 35.5. The fraction of sp³-hybridized carbons (Fsp3) is 0.125. The van der Waals surface area contributed by atoms with E-state index in [-0.39, 0.29) is 21.3 Å². The Hall–Kier alpha value is -0.820. The fourth-order valence-corrected chi connectivity index (χ4v) is 1.91. The number of ether oxygens (including phenoxy) is 1. The van der Waals surface area contributed by atoms with Gasteiger partial charge in [0, 0.05) is 0 Å². The van der Waals surface area contributed by atoms with Crippen molar-refractivity contribution in [2.24, 2.45) is 0 Å². The second-order valence-electron chi connectivity index (χ2n) is 2.65. The quantitative estimate of drug-likeness (QED) is 0.659. The maximum absolute atomic E-state index is 11.3. The summed E-state index contributed by atoms with van der Waals surface area (Å²) in [6, 6.07) is 2.52. The maximum Gasteiger partial charge on any atom is 0.339 e. The third-order valence-corrected chi connectivity index (χ3v) is 2.68.